The van der Waals surface area contributed by atoms with Gasteiger partial charge in [-0.25, -0.2) is 9.48 Å². The molecule has 0 atom stereocenters. The lowest BCUT2D eigenvalue weighted by molar-refractivity contribution is 0.0523. The minimum absolute atomic E-state index is 0.309. The minimum Gasteiger partial charge on any atom is -0.462 e. The summed E-state index contributed by atoms with van der Waals surface area (Å²) in [6, 6.07) is 16.8. The molecule has 3 aromatic rings. The zero-order valence-corrected chi connectivity index (χ0v) is 18.5. The van der Waals surface area contributed by atoms with Crippen LogP contribution in [-0.2, 0) is 11.3 Å². The van der Waals surface area contributed by atoms with Crippen molar-refractivity contribution in [2.75, 3.05) is 37.7 Å². The second kappa shape index (κ2) is 9.35. The van der Waals surface area contributed by atoms with E-state index in [1.54, 1.807) is 6.20 Å². The van der Waals surface area contributed by atoms with Crippen LogP contribution < -0.4 is 4.90 Å². The maximum absolute atomic E-state index is 12.6. The highest BCUT2D eigenvalue weighted by molar-refractivity contribution is 5.90. The number of esters is 1. The number of hydrogen-bond acceptors (Lipinski definition) is 5. The largest absolute Gasteiger partial charge is 0.462 e. The normalized spacial score (nSPS) is 14.6. The molecule has 1 saturated heterocycles. The Morgan fingerprint density at radius 1 is 1.03 bits per heavy atom. The number of hydrogen-bond donors (Lipinski definition) is 0. The molecular formula is C25H30N4O2. The SMILES string of the molecule is CCOC(=O)c1cnn(-c2ccc(C)cc2C)c1CN1CCN(c2ccccc2)CC1. The molecule has 0 aliphatic carbocycles. The summed E-state index contributed by atoms with van der Waals surface area (Å²) >= 11 is 0. The Balaban J connectivity index is 1.57. The molecule has 1 aliphatic heterocycles. The van der Waals surface area contributed by atoms with Crippen LogP contribution in [0.15, 0.2) is 54.7 Å². The summed E-state index contributed by atoms with van der Waals surface area (Å²) in [5.74, 6) is -0.309. The van der Waals surface area contributed by atoms with Gasteiger partial charge in [-0.05, 0) is 44.5 Å². The van der Waals surface area contributed by atoms with E-state index >= 15 is 0 Å². The maximum atomic E-state index is 12.6. The van der Waals surface area contributed by atoms with Gasteiger partial charge in [0.25, 0.3) is 0 Å². The van der Waals surface area contributed by atoms with E-state index in [9.17, 15) is 4.79 Å². The molecule has 1 aromatic heterocycles. The third kappa shape index (κ3) is 4.64. The topological polar surface area (TPSA) is 50.6 Å². The summed E-state index contributed by atoms with van der Waals surface area (Å²) in [7, 11) is 0. The van der Waals surface area contributed by atoms with Crippen molar-refractivity contribution < 1.29 is 9.53 Å². The Kier molecular flexibility index (Phi) is 6.37. The fourth-order valence-corrected chi connectivity index (χ4v) is 4.17. The molecule has 2 aromatic carbocycles. The van der Waals surface area contributed by atoms with Crippen LogP contribution in [0.4, 0.5) is 5.69 Å². The number of aryl methyl sites for hydroxylation is 2. The first-order valence-electron chi connectivity index (χ1n) is 10.9. The number of nitrogens with zero attached hydrogens (tertiary/aromatic N) is 4. The molecule has 0 radical (unpaired) electrons. The van der Waals surface area contributed by atoms with Gasteiger partial charge in [-0.2, -0.15) is 5.10 Å². The highest BCUT2D eigenvalue weighted by Crippen LogP contribution is 2.23. The first kappa shape index (κ1) is 21.1. The van der Waals surface area contributed by atoms with E-state index in [-0.39, 0.29) is 5.97 Å². The lowest BCUT2D eigenvalue weighted by atomic mass is 10.1. The Bertz CT molecular complexity index is 1040. The van der Waals surface area contributed by atoms with E-state index in [2.05, 4.69) is 71.2 Å². The Morgan fingerprint density at radius 2 is 1.77 bits per heavy atom. The van der Waals surface area contributed by atoms with Gasteiger partial charge >= 0.3 is 5.97 Å². The summed E-state index contributed by atoms with van der Waals surface area (Å²) in [6.07, 6.45) is 1.65. The summed E-state index contributed by atoms with van der Waals surface area (Å²) in [6.45, 7) is 10.8. The molecular weight excluding hydrogens is 388 g/mol. The van der Waals surface area contributed by atoms with Gasteiger partial charge in [-0.15, -0.1) is 0 Å². The predicted molar refractivity (Wildman–Crippen MR) is 123 cm³/mol. The summed E-state index contributed by atoms with van der Waals surface area (Å²) in [5, 5.41) is 4.59. The van der Waals surface area contributed by atoms with Crippen molar-refractivity contribution in [3.05, 3.63) is 77.1 Å². The van der Waals surface area contributed by atoms with Crippen molar-refractivity contribution in [2.45, 2.75) is 27.3 Å². The standard InChI is InChI=1S/C25H30N4O2/c1-4-31-25(30)22-17-26-29(23-11-10-19(2)16-20(23)3)24(22)18-27-12-14-28(15-13-27)21-8-6-5-7-9-21/h5-11,16-17H,4,12-15,18H2,1-3H3. The van der Waals surface area contributed by atoms with Crippen LogP contribution >= 0.6 is 0 Å². The van der Waals surface area contributed by atoms with Crippen LogP contribution in [0.25, 0.3) is 5.69 Å². The number of anilines is 1. The molecule has 0 amide bonds. The predicted octanol–water partition coefficient (Wildman–Crippen LogP) is 3.99. The monoisotopic (exact) mass is 418 g/mol. The van der Waals surface area contributed by atoms with Gasteiger partial charge in [0.1, 0.15) is 5.56 Å². The van der Waals surface area contributed by atoms with Crippen molar-refractivity contribution in [1.29, 1.82) is 0 Å². The highest BCUT2D eigenvalue weighted by atomic mass is 16.5. The number of aromatic nitrogens is 2. The van der Waals surface area contributed by atoms with Crippen molar-refractivity contribution in [2.24, 2.45) is 0 Å². The third-order valence-electron chi connectivity index (χ3n) is 5.81. The quantitative estimate of drug-likeness (QED) is 0.567. The smallest absolute Gasteiger partial charge is 0.341 e. The number of carbonyl (C=O) groups is 1. The van der Waals surface area contributed by atoms with Crippen LogP contribution in [-0.4, -0.2) is 53.4 Å². The van der Waals surface area contributed by atoms with Crippen molar-refractivity contribution in [3.63, 3.8) is 0 Å². The van der Waals surface area contributed by atoms with Gasteiger partial charge in [0.15, 0.2) is 0 Å². The van der Waals surface area contributed by atoms with Gasteiger partial charge in [-0.3, -0.25) is 4.90 Å². The van der Waals surface area contributed by atoms with Gasteiger partial charge in [-0.1, -0.05) is 35.9 Å². The second-order valence-corrected chi connectivity index (χ2v) is 8.03. The molecule has 0 saturated carbocycles. The maximum Gasteiger partial charge on any atom is 0.341 e. The van der Waals surface area contributed by atoms with E-state index in [0.29, 0.717) is 18.7 Å². The fourth-order valence-electron chi connectivity index (χ4n) is 4.17. The molecule has 1 aliphatic rings. The van der Waals surface area contributed by atoms with Gasteiger partial charge < -0.3 is 9.64 Å². The zero-order valence-electron chi connectivity index (χ0n) is 18.5. The number of para-hydroxylation sites is 1. The third-order valence-corrected chi connectivity index (χ3v) is 5.81. The summed E-state index contributed by atoms with van der Waals surface area (Å²) in [4.78, 5) is 17.4. The molecule has 4 rings (SSSR count). The Morgan fingerprint density at radius 3 is 2.45 bits per heavy atom. The number of benzene rings is 2. The van der Waals surface area contributed by atoms with Crippen molar-refractivity contribution in [3.8, 4) is 5.69 Å². The molecule has 2 heterocycles. The van der Waals surface area contributed by atoms with Gasteiger partial charge in [0.05, 0.1) is 24.2 Å². The highest BCUT2D eigenvalue weighted by Gasteiger charge is 2.24. The number of rotatable bonds is 6. The van der Waals surface area contributed by atoms with Crippen LogP contribution in [0.3, 0.4) is 0 Å². The number of carbonyl (C=O) groups excluding carboxylic acids is 1. The van der Waals surface area contributed by atoms with Crippen LogP contribution in [0.2, 0.25) is 0 Å². The zero-order chi connectivity index (χ0) is 21.8. The fraction of sp³-hybridized carbons (Fsp3) is 0.360. The molecule has 0 unspecified atom stereocenters. The molecule has 0 N–H and O–H groups in total. The number of ether oxygens (including phenoxy) is 1. The van der Waals surface area contributed by atoms with E-state index in [0.717, 1.165) is 43.1 Å². The molecule has 0 spiro atoms. The van der Waals surface area contributed by atoms with Gasteiger partial charge in [0.2, 0.25) is 0 Å². The first-order valence-corrected chi connectivity index (χ1v) is 10.9. The van der Waals surface area contributed by atoms with Crippen LogP contribution in [0, 0.1) is 13.8 Å². The van der Waals surface area contributed by atoms with Crippen LogP contribution in [0.5, 0.6) is 0 Å². The molecule has 1 fully saturated rings. The average Bonchev–Trinajstić information content (AvgIpc) is 3.18. The molecule has 162 valence electrons. The molecule has 31 heavy (non-hydrogen) atoms. The lowest BCUT2D eigenvalue weighted by Gasteiger charge is -2.36. The van der Waals surface area contributed by atoms with E-state index in [4.69, 9.17) is 4.74 Å². The second-order valence-electron chi connectivity index (χ2n) is 8.03. The Labute approximate surface area is 184 Å². The van der Waals surface area contributed by atoms with Crippen molar-refractivity contribution in [1.82, 2.24) is 14.7 Å². The van der Waals surface area contributed by atoms with E-state index in [1.807, 2.05) is 17.7 Å². The molecule has 6 heteroatoms. The summed E-state index contributed by atoms with van der Waals surface area (Å²) in [5.41, 5.74) is 6.03. The Hall–Kier alpha value is -3.12. The van der Waals surface area contributed by atoms with Crippen molar-refractivity contribution >= 4 is 11.7 Å². The van der Waals surface area contributed by atoms with E-state index < -0.39 is 0 Å². The summed E-state index contributed by atoms with van der Waals surface area (Å²) < 4.78 is 7.22. The van der Waals surface area contributed by atoms with Crippen LogP contribution in [0.1, 0.15) is 34.1 Å². The number of piperazine rings is 1. The molecule has 6 nitrogen and oxygen atoms in total. The minimum atomic E-state index is -0.309. The lowest BCUT2D eigenvalue weighted by Crippen LogP contribution is -2.46. The van der Waals surface area contributed by atoms with Gasteiger partial charge in [0, 0.05) is 38.4 Å². The first-order chi connectivity index (χ1) is 15.1. The average molecular weight is 419 g/mol. The van der Waals surface area contributed by atoms with E-state index in [1.165, 1.54) is 11.3 Å². The molecule has 0 bridgehead atoms.